The van der Waals surface area contributed by atoms with E-state index in [2.05, 4.69) is 46.3 Å². The number of ether oxygens (including phenoxy) is 1. The number of aromatic nitrogens is 1. The summed E-state index contributed by atoms with van der Waals surface area (Å²) in [6, 6.07) is 24.0. The van der Waals surface area contributed by atoms with Gasteiger partial charge in [-0.25, -0.2) is 4.79 Å². The molecular formula is C26H20BrNO3S. The zero-order chi connectivity index (χ0) is 22.2. The maximum absolute atomic E-state index is 13.4. The van der Waals surface area contributed by atoms with E-state index in [0.717, 1.165) is 27.3 Å². The van der Waals surface area contributed by atoms with Crippen LogP contribution in [-0.4, -0.2) is 23.4 Å². The van der Waals surface area contributed by atoms with Crippen LogP contribution in [0, 0.1) is 0 Å². The number of esters is 1. The predicted octanol–water partition coefficient (Wildman–Crippen LogP) is 5.84. The van der Waals surface area contributed by atoms with Crippen molar-refractivity contribution >= 4 is 44.4 Å². The first-order chi connectivity index (χ1) is 15.6. The number of thioether (sulfide) groups is 1. The third kappa shape index (κ3) is 3.48. The molecule has 2 heterocycles. The number of fused-ring (bicyclic) bond motifs is 2. The fourth-order valence-corrected chi connectivity index (χ4v) is 6.22. The summed E-state index contributed by atoms with van der Waals surface area (Å²) < 4.78 is 7.06. The molecule has 4 nitrogen and oxygen atoms in total. The molecule has 0 N–H and O–H groups in total. The van der Waals surface area contributed by atoms with Crippen LogP contribution in [0.15, 0.2) is 87.1 Å². The van der Waals surface area contributed by atoms with Gasteiger partial charge in [-0.2, -0.15) is 0 Å². The van der Waals surface area contributed by atoms with Gasteiger partial charge in [-0.1, -0.05) is 72.8 Å². The van der Waals surface area contributed by atoms with Gasteiger partial charge in [0.1, 0.15) is 6.04 Å². The SMILES string of the molecule is COC(=O)[C@@H]1CSc2c(-c3ccccc3)c(Cc3cccc4ccccc34)c(Br)c(=O)n21. The lowest BCUT2D eigenvalue weighted by Gasteiger charge is -2.19. The first-order valence-corrected chi connectivity index (χ1v) is 12.1. The van der Waals surface area contributed by atoms with Crippen molar-refractivity contribution in [1.29, 1.82) is 0 Å². The second kappa shape index (κ2) is 8.60. The predicted molar refractivity (Wildman–Crippen MR) is 132 cm³/mol. The van der Waals surface area contributed by atoms with Gasteiger partial charge in [-0.15, -0.1) is 11.8 Å². The fraction of sp³-hybridized carbons (Fsp3) is 0.154. The molecule has 32 heavy (non-hydrogen) atoms. The van der Waals surface area contributed by atoms with Crippen LogP contribution in [0.2, 0.25) is 0 Å². The van der Waals surface area contributed by atoms with Crippen molar-refractivity contribution < 1.29 is 9.53 Å². The van der Waals surface area contributed by atoms with E-state index in [1.165, 1.54) is 29.6 Å². The van der Waals surface area contributed by atoms with Crippen LogP contribution in [0.25, 0.3) is 21.9 Å². The Bertz CT molecular complexity index is 1390. The number of hydrogen-bond donors (Lipinski definition) is 0. The minimum atomic E-state index is -0.627. The normalized spacial score (nSPS) is 15.0. The van der Waals surface area contributed by atoms with Gasteiger partial charge < -0.3 is 4.74 Å². The summed E-state index contributed by atoms with van der Waals surface area (Å²) in [5, 5.41) is 3.15. The number of nitrogens with zero attached hydrogens (tertiary/aromatic N) is 1. The number of rotatable bonds is 4. The number of pyridine rings is 1. The second-order valence-electron chi connectivity index (χ2n) is 7.68. The number of methoxy groups -OCH3 is 1. The van der Waals surface area contributed by atoms with Gasteiger partial charge in [0.2, 0.25) is 0 Å². The highest BCUT2D eigenvalue weighted by Crippen LogP contribution is 2.43. The Kier molecular flexibility index (Phi) is 5.66. The van der Waals surface area contributed by atoms with Gasteiger partial charge in [0.15, 0.2) is 0 Å². The van der Waals surface area contributed by atoms with Crippen LogP contribution in [0.3, 0.4) is 0 Å². The topological polar surface area (TPSA) is 48.3 Å². The van der Waals surface area contributed by atoms with E-state index in [9.17, 15) is 9.59 Å². The van der Waals surface area contributed by atoms with E-state index in [0.29, 0.717) is 16.6 Å². The van der Waals surface area contributed by atoms with Gasteiger partial charge in [0.25, 0.3) is 5.56 Å². The van der Waals surface area contributed by atoms with Gasteiger partial charge in [0.05, 0.1) is 16.6 Å². The van der Waals surface area contributed by atoms with Gasteiger partial charge in [-0.05, 0) is 43.4 Å². The van der Waals surface area contributed by atoms with Gasteiger partial charge in [0, 0.05) is 17.7 Å². The van der Waals surface area contributed by atoms with Crippen molar-refractivity contribution in [2.75, 3.05) is 12.9 Å². The van der Waals surface area contributed by atoms with Crippen LogP contribution < -0.4 is 5.56 Å². The molecule has 0 amide bonds. The summed E-state index contributed by atoms with van der Waals surface area (Å²) >= 11 is 5.14. The zero-order valence-corrected chi connectivity index (χ0v) is 19.8. The summed E-state index contributed by atoms with van der Waals surface area (Å²) in [4.78, 5) is 25.8. The van der Waals surface area contributed by atoms with E-state index >= 15 is 0 Å². The Morgan fingerprint density at radius 1 is 1.06 bits per heavy atom. The van der Waals surface area contributed by atoms with Crippen LogP contribution in [0.4, 0.5) is 0 Å². The number of halogens is 1. The van der Waals surface area contributed by atoms with Crippen LogP contribution in [-0.2, 0) is 16.0 Å². The third-order valence-corrected chi connectivity index (χ3v) is 7.85. The third-order valence-electron chi connectivity index (χ3n) is 5.88. The van der Waals surface area contributed by atoms with E-state index in [4.69, 9.17) is 4.74 Å². The molecule has 0 saturated heterocycles. The monoisotopic (exact) mass is 505 g/mol. The first kappa shape index (κ1) is 21.0. The average Bonchev–Trinajstić information content (AvgIpc) is 3.27. The van der Waals surface area contributed by atoms with Gasteiger partial charge >= 0.3 is 5.97 Å². The Balaban J connectivity index is 1.77. The Morgan fingerprint density at radius 3 is 2.56 bits per heavy atom. The van der Waals surface area contributed by atoms with Crippen molar-refractivity contribution in [1.82, 2.24) is 4.57 Å². The van der Waals surface area contributed by atoms with Crippen molar-refractivity contribution in [2.24, 2.45) is 0 Å². The smallest absolute Gasteiger partial charge is 0.329 e. The molecule has 0 fully saturated rings. The van der Waals surface area contributed by atoms with Crippen LogP contribution >= 0.6 is 27.7 Å². The number of hydrogen-bond acceptors (Lipinski definition) is 4. The summed E-state index contributed by atoms with van der Waals surface area (Å²) in [6.07, 6.45) is 0.596. The maximum atomic E-state index is 13.4. The van der Waals surface area contributed by atoms with Crippen molar-refractivity contribution in [3.05, 3.63) is 98.7 Å². The lowest BCUT2D eigenvalue weighted by atomic mass is 9.93. The first-order valence-electron chi connectivity index (χ1n) is 10.3. The molecule has 5 rings (SSSR count). The molecule has 0 spiro atoms. The molecule has 0 bridgehead atoms. The molecule has 0 unspecified atom stereocenters. The molecular weight excluding hydrogens is 486 g/mol. The maximum Gasteiger partial charge on any atom is 0.329 e. The van der Waals surface area contributed by atoms with Crippen molar-refractivity contribution in [2.45, 2.75) is 17.5 Å². The lowest BCUT2D eigenvalue weighted by molar-refractivity contribution is -0.143. The van der Waals surface area contributed by atoms with Crippen molar-refractivity contribution in [3.63, 3.8) is 0 Å². The van der Waals surface area contributed by atoms with E-state index < -0.39 is 12.0 Å². The highest BCUT2D eigenvalue weighted by atomic mass is 79.9. The second-order valence-corrected chi connectivity index (χ2v) is 9.48. The molecule has 0 saturated carbocycles. The Morgan fingerprint density at radius 2 is 1.78 bits per heavy atom. The van der Waals surface area contributed by atoms with Crippen LogP contribution in [0.5, 0.6) is 0 Å². The van der Waals surface area contributed by atoms with E-state index in [1.807, 2.05) is 42.5 Å². The van der Waals surface area contributed by atoms with Gasteiger partial charge in [-0.3, -0.25) is 9.36 Å². The largest absolute Gasteiger partial charge is 0.467 e. The highest BCUT2D eigenvalue weighted by Gasteiger charge is 2.35. The molecule has 6 heteroatoms. The molecule has 160 valence electrons. The Hall–Kier alpha value is -2.83. The molecule has 1 aliphatic heterocycles. The molecule has 1 atom stereocenters. The molecule has 4 aromatic rings. The minimum absolute atomic E-state index is 0.199. The minimum Gasteiger partial charge on any atom is -0.467 e. The molecule has 0 aliphatic carbocycles. The number of benzene rings is 3. The quantitative estimate of drug-likeness (QED) is 0.327. The molecule has 0 radical (unpaired) electrons. The van der Waals surface area contributed by atoms with Crippen molar-refractivity contribution in [3.8, 4) is 11.1 Å². The zero-order valence-electron chi connectivity index (χ0n) is 17.4. The molecule has 1 aliphatic rings. The molecule has 1 aromatic heterocycles. The molecule has 3 aromatic carbocycles. The number of carbonyl (C=O) groups is 1. The Labute approximate surface area is 198 Å². The lowest BCUT2D eigenvalue weighted by Crippen LogP contribution is -2.31. The summed E-state index contributed by atoms with van der Waals surface area (Å²) in [5.41, 5.74) is 3.89. The number of carbonyl (C=O) groups excluding carboxylic acids is 1. The van der Waals surface area contributed by atoms with E-state index in [1.54, 1.807) is 4.57 Å². The highest BCUT2D eigenvalue weighted by molar-refractivity contribution is 9.10. The van der Waals surface area contributed by atoms with E-state index in [-0.39, 0.29) is 5.56 Å². The summed E-state index contributed by atoms with van der Waals surface area (Å²) in [6.45, 7) is 0. The average molecular weight is 506 g/mol. The standard InChI is InChI=1S/C26H20BrNO3S/c1-31-26(30)21-15-32-25-22(17-9-3-2-4-10-17)20(23(27)24(29)28(21)25)14-18-12-7-11-16-8-5-6-13-19(16)18/h2-13,21H,14-15H2,1H3/t21-/m0/s1. The summed E-state index contributed by atoms with van der Waals surface area (Å²) in [7, 11) is 1.36. The summed E-state index contributed by atoms with van der Waals surface area (Å²) in [5.74, 6) is 0.0809. The van der Waals surface area contributed by atoms with Crippen LogP contribution in [0.1, 0.15) is 17.2 Å². The fourth-order valence-electron chi connectivity index (χ4n) is 4.36.